The summed E-state index contributed by atoms with van der Waals surface area (Å²) in [5.74, 6) is 1.59. The zero-order valence-corrected chi connectivity index (χ0v) is 13.2. The molecule has 2 fully saturated rings. The number of nitrogens with zero attached hydrogens (tertiary/aromatic N) is 1. The molecule has 1 aliphatic heterocycles. The fourth-order valence-corrected chi connectivity index (χ4v) is 3.94. The first-order valence-electron chi connectivity index (χ1n) is 7.98. The Bertz CT molecular complexity index is 287. The summed E-state index contributed by atoms with van der Waals surface area (Å²) in [5, 5.41) is 13.2. The number of nitrogens with one attached hydrogen (secondary N) is 1. The van der Waals surface area contributed by atoms with Gasteiger partial charge in [0.2, 0.25) is 0 Å². The molecule has 1 heterocycles. The van der Waals surface area contributed by atoms with E-state index in [2.05, 4.69) is 38.0 Å². The lowest BCUT2D eigenvalue weighted by molar-refractivity contribution is 0.0908. The Hall–Kier alpha value is -0.120. The molecule has 2 aliphatic rings. The van der Waals surface area contributed by atoms with Gasteiger partial charge in [-0.3, -0.25) is 0 Å². The van der Waals surface area contributed by atoms with Crippen molar-refractivity contribution in [3.8, 4) is 0 Å². The highest BCUT2D eigenvalue weighted by Crippen LogP contribution is 2.40. The van der Waals surface area contributed by atoms with E-state index < -0.39 is 0 Å². The zero-order chi connectivity index (χ0) is 14.0. The van der Waals surface area contributed by atoms with Gasteiger partial charge in [-0.2, -0.15) is 0 Å². The molecule has 0 spiro atoms. The zero-order valence-electron chi connectivity index (χ0n) is 13.2. The molecule has 112 valence electrons. The predicted molar refractivity (Wildman–Crippen MR) is 80.2 cm³/mol. The van der Waals surface area contributed by atoms with E-state index in [1.54, 1.807) is 0 Å². The number of likely N-dealkylation sites (tertiary alicyclic amines) is 1. The van der Waals surface area contributed by atoms with Crippen molar-refractivity contribution in [2.75, 3.05) is 26.7 Å². The molecule has 0 radical (unpaired) electrons. The maximum absolute atomic E-state index is 9.68. The van der Waals surface area contributed by atoms with E-state index in [-0.39, 0.29) is 6.10 Å². The molecule has 2 rings (SSSR count). The minimum absolute atomic E-state index is 0.0879. The Balaban J connectivity index is 1.94. The van der Waals surface area contributed by atoms with Crippen LogP contribution in [0.1, 0.15) is 46.5 Å². The van der Waals surface area contributed by atoms with Crippen LogP contribution < -0.4 is 5.32 Å². The number of hydrogen-bond donors (Lipinski definition) is 2. The van der Waals surface area contributed by atoms with Gasteiger partial charge in [-0.15, -0.1) is 0 Å². The molecule has 0 aromatic carbocycles. The summed E-state index contributed by atoms with van der Waals surface area (Å²) >= 11 is 0. The van der Waals surface area contributed by atoms with Gasteiger partial charge in [0.15, 0.2) is 0 Å². The van der Waals surface area contributed by atoms with Gasteiger partial charge in [-0.05, 0) is 50.0 Å². The Labute approximate surface area is 118 Å². The van der Waals surface area contributed by atoms with Crippen LogP contribution in [0.5, 0.6) is 0 Å². The van der Waals surface area contributed by atoms with Gasteiger partial charge in [0.05, 0.1) is 6.10 Å². The topological polar surface area (TPSA) is 35.5 Å². The smallest absolute Gasteiger partial charge is 0.0679 e. The van der Waals surface area contributed by atoms with Crippen molar-refractivity contribution in [1.82, 2.24) is 10.2 Å². The van der Waals surface area contributed by atoms with Crippen LogP contribution in [0.2, 0.25) is 0 Å². The average Bonchev–Trinajstić information content (AvgIpc) is 2.73. The van der Waals surface area contributed by atoms with Crippen LogP contribution >= 0.6 is 0 Å². The van der Waals surface area contributed by atoms with Gasteiger partial charge in [-0.25, -0.2) is 0 Å². The van der Waals surface area contributed by atoms with Crippen molar-refractivity contribution in [3.63, 3.8) is 0 Å². The van der Waals surface area contributed by atoms with Gasteiger partial charge in [-0.1, -0.05) is 20.8 Å². The third kappa shape index (κ3) is 3.93. The summed E-state index contributed by atoms with van der Waals surface area (Å²) in [7, 11) is 2.11. The number of hydrogen-bond acceptors (Lipinski definition) is 3. The molecule has 1 saturated heterocycles. The van der Waals surface area contributed by atoms with E-state index in [1.807, 2.05) is 0 Å². The monoisotopic (exact) mass is 268 g/mol. The maximum Gasteiger partial charge on any atom is 0.0679 e. The molecule has 0 aromatic rings. The van der Waals surface area contributed by atoms with Crippen LogP contribution in [0.15, 0.2) is 0 Å². The summed E-state index contributed by atoms with van der Waals surface area (Å²) in [4.78, 5) is 2.46. The first-order valence-corrected chi connectivity index (χ1v) is 7.98. The van der Waals surface area contributed by atoms with E-state index in [0.29, 0.717) is 11.5 Å². The second kappa shape index (κ2) is 6.11. The van der Waals surface area contributed by atoms with Gasteiger partial charge in [0.25, 0.3) is 0 Å². The molecular weight excluding hydrogens is 236 g/mol. The minimum Gasteiger partial charge on any atom is -0.392 e. The molecule has 1 aliphatic carbocycles. The maximum atomic E-state index is 9.68. The number of aliphatic hydroxyl groups excluding tert-OH is 1. The second-order valence-corrected chi connectivity index (χ2v) is 7.73. The van der Waals surface area contributed by atoms with Gasteiger partial charge >= 0.3 is 0 Å². The van der Waals surface area contributed by atoms with Crippen LogP contribution in [0, 0.1) is 17.3 Å². The van der Waals surface area contributed by atoms with Crippen LogP contribution in [0.4, 0.5) is 0 Å². The van der Waals surface area contributed by atoms with Crippen LogP contribution in [-0.2, 0) is 0 Å². The highest BCUT2D eigenvalue weighted by Gasteiger charge is 2.36. The van der Waals surface area contributed by atoms with E-state index in [4.69, 9.17) is 0 Å². The molecule has 0 bridgehead atoms. The van der Waals surface area contributed by atoms with Gasteiger partial charge in [0.1, 0.15) is 0 Å². The molecule has 3 nitrogen and oxygen atoms in total. The second-order valence-electron chi connectivity index (χ2n) is 7.73. The number of rotatable bonds is 3. The first-order chi connectivity index (χ1) is 8.90. The first kappa shape index (κ1) is 15.3. The lowest BCUT2D eigenvalue weighted by Gasteiger charge is -2.43. The SMILES string of the molecule is CNC1CCC(C(C)(C)C)CC1CN1CCC(O)C1. The van der Waals surface area contributed by atoms with E-state index >= 15 is 0 Å². The lowest BCUT2D eigenvalue weighted by atomic mass is 9.67. The number of β-amino-alcohol motifs (C(OH)–C–C–N with tert-alkyl or cyclic N) is 1. The highest BCUT2D eigenvalue weighted by atomic mass is 16.3. The van der Waals surface area contributed by atoms with Crippen molar-refractivity contribution in [2.45, 2.75) is 58.6 Å². The molecule has 2 N–H and O–H groups in total. The average molecular weight is 268 g/mol. The molecule has 3 heteroatoms. The largest absolute Gasteiger partial charge is 0.392 e. The third-order valence-corrected chi connectivity index (χ3v) is 5.32. The number of aliphatic hydroxyl groups is 1. The Kier molecular flexibility index (Phi) is 4.91. The predicted octanol–water partition coefficient (Wildman–Crippen LogP) is 2.10. The third-order valence-electron chi connectivity index (χ3n) is 5.32. The van der Waals surface area contributed by atoms with Crippen LogP contribution in [0.25, 0.3) is 0 Å². The molecule has 4 unspecified atom stereocenters. The summed E-state index contributed by atoms with van der Waals surface area (Å²) in [6, 6.07) is 0.663. The normalized spacial score (nSPS) is 37.7. The molecule has 1 saturated carbocycles. The van der Waals surface area contributed by atoms with Crippen molar-refractivity contribution in [3.05, 3.63) is 0 Å². The summed E-state index contributed by atoms with van der Waals surface area (Å²) in [6.07, 6.45) is 4.87. The highest BCUT2D eigenvalue weighted by molar-refractivity contribution is 4.90. The molecule has 4 atom stereocenters. The van der Waals surface area contributed by atoms with E-state index in [0.717, 1.165) is 37.9 Å². The molecule has 0 amide bonds. The minimum atomic E-state index is -0.0879. The summed E-state index contributed by atoms with van der Waals surface area (Å²) in [6.45, 7) is 10.3. The Morgan fingerprint density at radius 3 is 2.47 bits per heavy atom. The Morgan fingerprint density at radius 2 is 1.95 bits per heavy atom. The van der Waals surface area contributed by atoms with Crippen LogP contribution in [-0.4, -0.2) is 48.8 Å². The molecule has 19 heavy (non-hydrogen) atoms. The van der Waals surface area contributed by atoms with Crippen molar-refractivity contribution in [1.29, 1.82) is 0 Å². The summed E-state index contributed by atoms with van der Waals surface area (Å²) in [5.41, 5.74) is 0.432. The van der Waals surface area contributed by atoms with Crippen LogP contribution in [0.3, 0.4) is 0 Å². The fraction of sp³-hybridized carbons (Fsp3) is 1.00. The van der Waals surface area contributed by atoms with Crippen molar-refractivity contribution >= 4 is 0 Å². The summed E-state index contributed by atoms with van der Waals surface area (Å²) < 4.78 is 0. The van der Waals surface area contributed by atoms with Gasteiger partial charge in [0, 0.05) is 25.7 Å². The quantitative estimate of drug-likeness (QED) is 0.823. The van der Waals surface area contributed by atoms with Crippen molar-refractivity contribution in [2.24, 2.45) is 17.3 Å². The van der Waals surface area contributed by atoms with E-state index in [9.17, 15) is 5.11 Å². The fourth-order valence-electron chi connectivity index (χ4n) is 3.94. The molecule has 0 aromatic heterocycles. The standard InChI is InChI=1S/C16H32N2O/c1-16(2,3)13-5-6-15(17-4)12(9-13)10-18-8-7-14(19)11-18/h12-15,17,19H,5-11H2,1-4H3. The molecular formula is C16H32N2O. The van der Waals surface area contributed by atoms with E-state index in [1.165, 1.54) is 19.3 Å². The Morgan fingerprint density at radius 1 is 1.21 bits per heavy atom. The van der Waals surface area contributed by atoms with Gasteiger partial charge < -0.3 is 15.3 Å². The van der Waals surface area contributed by atoms with Crippen molar-refractivity contribution < 1.29 is 5.11 Å². The lowest BCUT2D eigenvalue weighted by Crippen LogP contribution is -2.46.